The van der Waals surface area contributed by atoms with E-state index in [9.17, 15) is 13.2 Å². The minimum absolute atomic E-state index is 0.106. The van der Waals surface area contributed by atoms with E-state index in [4.69, 9.17) is 9.84 Å². The summed E-state index contributed by atoms with van der Waals surface area (Å²) in [5.41, 5.74) is 0. The van der Waals surface area contributed by atoms with Crippen molar-refractivity contribution in [2.75, 3.05) is 7.11 Å². The molecule has 1 N–H and O–H groups in total. The van der Waals surface area contributed by atoms with Crippen molar-refractivity contribution in [3.05, 3.63) is 0 Å². The second kappa shape index (κ2) is 4.94. The van der Waals surface area contributed by atoms with Gasteiger partial charge in [0.25, 0.3) is 0 Å². The number of methoxy groups -OCH3 is 1. The molecule has 5 nitrogen and oxygen atoms in total. The Kier molecular flexibility index (Phi) is 4.19. The van der Waals surface area contributed by atoms with Gasteiger partial charge in [-0.3, -0.25) is 4.79 Å². The summed E-state index contributed by atoms with van der Waals surface area (Å²) < 4.78 is 27.9. The largest absolute Gasteiger partial charge is 0.480 e. The van der Waals surface area contributed by atoms with E-state index in [1.54, 1.807) is 7.11 Å². The molecule has 0 atom stereocenters. The molecule has 0 bridgehead atoms. The Hall–Kier alpha value is -0.620. The molecule has 1 aliphatic rings. The van der Waals surface area contributed by atoms with Crippen LogP contribution in [0.3, 0.4) is 0 Å². The van der Waals surface area contributed by atoms with Crippen LogP contribution < -0.4 is 0 Å². The molecule has 1 fully saturated rings. The molecule has 0 spiro atoms. The Balaban J connectivity index is 2.84. The Labute approximate surface area is 102 Å². The van der Waals surface area contributed by atoms with Gasteiger partial charge in [0.2, 0.25) is 0 Å². The van der Waals surface area contributed by atoms with Crippen molar-refractivity contribution in [1.29, 1.82) is 0 Å². The third-order valence-corrected chi connectivity index (χ3v) is 6.57. The number of hydrogen-bond donors (Lipinski definition) is 1. The standard InChI is InChI=1S/C11H20O5S/c1-11(2,10(12)13)17(14,15)9-6-4-8(16-3)5-7-9/h8-9H,4-7H2,1-3H3,(H,12,13)/t8-,9+. The van der Waals surface area contributed by atoms with Gasteiger partial charge in [-0.2, -0.15) is 0 Å². The lowest BCUT2D eigenvalue weighted by atomic mass is 9.97. The monoisotopic (exact) mass is 264 g/mol. The van der Waals surface area contributed by atoms with Gasteiger partial charge in [-0.25, -0.2) is 8.42 Å². The van der Waals surface area contributed by atoms with E-state index in [1.165, 1.54) is 13.8 Å². The molecular formula is C11H20O5S. The molecule has 0 unspecified atom stereocenters. The van der Waals surface area contributed by atoms with Crippen molar-refractivity contribution >= 4 is 15.8 Å². The van der Waals surface area contributed by atoms with Crippen LogP contribution >= 0.6 is 0 Å². The van der Waals surface area contributed by atoms with Crippen LogP contribution in [0, 0.1) is 0 Å². The van der Waals surface area contributed by atoms with Gasteiger partial charge in [-0.05, 0) is 39.5 Å². The van der Waals surface area contributed by atoms with Crippen LogP contribution in [0.2, 0.25) is 0 Å². The SMILES string of the molecule is CO[C@H]1CC[C@@H](S(=O)(=O)C(C)(C)C(=O)O)CC1. The third-order valence-electron chi connectivity index (χ3n) is 3.62. The topological polar surface area (TPSA) is 80.7 Å². The number of sulfone groups is 1. The number of carbonyl (C=O) groups is 1. The van der Waals surface area contributed by atoms with E-state index in [-0.39, 0.29) is 6.10 Å². The van der Waals surface area contributed by atoms with Crippen LogP contribution in [0.1, 0.15) is 39.5 Å². The second-order valence-electron chi connectivity index (χ2n) is 4.99. The van der Waals surface area contributed by atoms with Gasteiger partial charge in [0.05, 0.1) is 11.4 Å². The normalized spacial score (nSPS) is 26.8. The molecule has 6 heteroatoms. The van der Waals surface area contributed by atoms with Crippen LogP contribution in [0.15, 0.2) is 0 Å². The molecule has 0 aromatic rings. The Bertz CT molecular complexity index is 377. The summed E-state index contributed by atoms with van der Waals surface area (Å²) in [4.78, 5) is 11.0. The zero-order valence-electron chi connectivity index (χ0n) is 10.5. The molecule has 0 heterocycles. The molecular weight excluding hydrogens is 244 g/mol. The lowest BCUT2D eigenvalue weighted by molar-refractivity contribution is -0.139. The summed E-state index contributed by atoms with van der Waals surface area (Å²) in [6, 6.07) is 0. The molecule has 1 rings (SSSR count). The summed E-state index contributed by atoms with van der Waals surface area (Å²) >= 11 is 0. The van der Waals surface area contributed by atoms with Gasteiger partial charge >= 0.3 is 5.97 Å². The number of carboxylic acids is 1. The molecule has 1 saturated carbocycles. The van der Waals surface area contributed by atoms with Crippen molar-refractivity contribution in [1.82, 2.24) is 0 Å². The number of carboxylic acid groups (broad SMARTS) is 1. The molecule has 17 heavy (non-hydrogen) atoms. The Morgan fingerprint density at radius 1 is 1.24 bits per heavy atom. The fraction of sp³-hybridized carbons (Fsp3) is 0.909. The van der Waals surface area contributed by atoms with E-state index in [1.807, 2.05) is 0 Å². The van der Waals surface area contributed by atoms with E-state index >= 15 is 0 Å². The molecule has 1 aliphatic carbocycles. The van der Waals surface area contributed by atoms with Crippen molar-refractivity contribution in [3.8, 4) is 0 Å². The molecule has 0 saturated heterocycles. The molecule has 100 valence electrons. The molecule has 0 aromatic heterocycles. The van der Waals surface area contributed by atoms with E-state index < -0.39 is 25.8 Å². The minimum Gasteiger partial charge on any atom is -0.480 e. The van der Waals surface area contributed by atoms with Gasteiger partial charge in [-0.15, -0.1) is 0 Å². The first-order valence-electron chi connectivity index (χ1n) is 5.73. The lowest BCUT2D eigenvalue weighted by Crippen LogP contribution is -2.47. The summed E-state index contributed by atoms with van der Waals surface area (Å²) in [5.74, 6) is -1.29. The quantitative estimate of drug-likeness (QED) is 0.825. The van der Waals surface area contributed by atoms with Gasteiger partial charge in [0.15, 0.2) is 14.6 Å². The van der Waals surface area contributed by atoms with E-state index in [0.717, 1.165) is 0 Å². The maximum absolute atomic E-state index is 12.2. The fourth-order valence-electron chi connectivity index (χ4n) is 2.12. The van der Waals surface area contributed by atoms with Crippen molar-refractivity contribution in [3.63, 3.8) is 0 Å². The predicted octanol–water partition coefficient (Wildman–Crippen LogP) is 1.22. The van der Waals surface area contributed by atoms with E-state index in [0.29, 0.717) is 25.7 Å². The first-order valence-corrected chi connectivity index (χ1v) is 7.27. The summed E-state index contributed by atoms with van der Waals surface area (Å²) in [6.07, 6.45) is 2.43. The van der Waals surface area contributed by atoms with Gasteiger partial charge < -0.3 is 9.84 Å². The Morgan fingerprint density at radius 3 is 2.06 bits per heavy atom. The fourth-order valence-corrected chi connectivity index (χ4v) is 4.09. The van der Waals surface area contributed by atoms with Crippen molar-refractivity contribution in [2.45, 2.75) is 55.6 Å². The molecule has 0 aromatic carbocycles. The summed E-state index contributed by atoms with van der Waals surface area (Å²) in [7, 11) is -2.04. The van der Waals surface area contributed by atoms with Crippen molar-refractivity contribution in [2.24, 2.45) is 0 Å². The zero-order valence-corrected chi connectivity index (χ0v) is 11.3. The van der Waals surface area contributed by atoms with Crippen LogP contribution in [0.25, 0.3) is 0 Å². The summed E-state index contributed by atoms with van der Waals surface area (Å²) in [5, 5.41) is 8.45. The number of aliphatic carboxylic acids is 1. The van der Waals surface area contributed by atoms with Crippen LogP contribution in [-0.2, 0) is 19.4 Å². The van der Waals surface area contributed by atoms with Gasteiger partial charge in [0.1, 0.15) is 0 Å². The lowest BCUT2D eigenvalue weighted by Gasteiger charge is -2.31. The first kappa shape index (κ1) is 14.4. The number of rotatable bonds is 4. The number of ether oxygens (including phenoxy) is 1. The highest BCUT2D eigenvalue weighted by molar-refractivity contribution is 7.94. The highest BCUT2D eigenvalue weighted by Crippen LogP contribution is 2.32. The first-order chi connectivity index (χ1) is 7.73. The molecule has 0 aliphatic heterocycles. The highest BCUT2D eigenvalue weighted by Gasteiger charge is 2.47. The van der Waals surface area contributed by atoms with Crippen molar-refractivity contribution < 1.29 is 23.1 Å². The maximum Gasteiger partial charge on any atom is 0.324 e. The highest BCUT2D eigenvalue weighted by atomic mass is 32.2. The Morgan fingerprint density at radius 2 is 1.71 bits per heavy atom. The average molecular weight is 264 g/mol. The molecule has 0 radical (unpaired) electrons. The van der Waals surface area contributed by atoms with Gasteiger partial charge in [0, 0.05) is 7.11 Å². The van der Waals surface area contributed by atoms with Crippen LogP contribution in [0.5, 0.6) is 0 Å². The third kappa shape index (κ3) is 2.63. The zero-order chi connectivity index (χ0) is 13.3. The summed E-state index contributed by atoms with van der Waals surface area (Å²) in [6.45, 7) is 2.51. The molecule has 0 amide bonds. The average Bonchev–Trinajstić information content (AvgIpc) is 2.28. The second-order valence-corrected chi connectivity index (χ2v) is 7.77. The van der Waals surface area contributed by atoms with Crippen LogP contribution in [0.4, 0.5) is 0 Å². The smallest absolute Gasteiger partial charge is 0.324 e. The van der Waals surface area contributed by atoms with Crippen LogP contribution in [-0.4, -0.2) is 42.7 Å². The minimum atomic E-state index is -3.65. The number of hydrogen-bond acceptors (Lipinski definition) is 4. The predicted molar refractivity (Wildman–Crippen MR) is 63.7 cm³/mol. The maximum atomic E-state index is 12.2. The van der Waals surface area contributed by atoms with E-state index in [2.05, 4.69) is 0 Å². The van der Waals surface area contributed by atoms with Gasteiger partial charge in [-0.1, -0.05) is 0 Å².